The van der Waals surface area contributed by atoms with Gasteiger partial charge < -0.3 is 5.32 Å². The normalized spacial score (nSPS) is 9.18. The van der Waals surface area contributed by atoms with Gasteiger partial charge in [0.25, 0.3) is 0 Å². The molecule has 0 fully saturated rings. The molecule has 0 aliphatic heterocycles. The minimum Gasteiger partial charge on any atom is -0.385 e. The van der Waals surface area contributed by atoms with Crippen LogP contribution in [0.15, 0.2) is 24.3 Å². The molecule has 1 aromatic carbocycles. The Balaban J connectivity index is 2.74. The summed E-state index contributed by atoms with van der Waals surface area (Å²) in [5.41, 5.74) is 2.18. The van der Waals surface area contributed by atoms with E-state index in [1.54, 1.807) is 6.08 Å². The summed E-state index contributed by atoms with van der Waals surface area (Å²) < 4.78 is 0. The summed E-state index contributed by atoms with van der Waals surface area (Å²) in [5.74, 6) is 0. The van der Waals surface area contributed by atoms with Crippen molar-refractivity contribution in [2.75, 3.05) is 11.9 Å². The molecule has 0 amide bonds. The van der Waals surface area contributed by atoms with Gasteiger partial charge in [-0.1, -0.05) is 24.8 Å². The molecule has 0 bridgehead atoms. The van der Waals surface area contributed by atoms with Crippen LogP contribution in [0.2, 0.25) is 0 Å². The predicted octanol–water partition coefficient (Wildman–Crippen LogP) is 2.56. The van der Waals surface area contributed by atoms with E-state index in [2.05, 4.69) is 12.2 Å². The minimum absolute atomic E-state index is 0.950. The summed E-state index contributed by atoms with van der Waals surface area (Å²) in [7, 11) is 0. The largest absolute Gasteiger partial charge is 0.385 e. The summed E-state index contributed by atoms with van der Waals surface area (Å²) >= 11 is 0. The van der Waals surface area contributed by atoms with Gasteiger partial charge in [-0.3, -0.25) is 0 Å². The second-order valence-electron chi connectivity index (χ2n) is 2.32. The third kappa shape index (κ3) is 2.11. The average Bonchev–Trinajstić information content (AvgIpc) is 2.07. The van der Waals surface area contributed by atoms with Crippen molar-refractivity contribution in [2.24, 2.45) is 0 Å². The van der Waals surface area contributed by atoms with Crippen molar-refractivity contribution in [3.05, 3.63) is 36.4 Å². The van der Waals surface area contributed by atoms with Crippen LogP contribution >= 0.6 is 0 Å². The molecule has 57 valence electrons. The monoisotopic (exact) mass is 146 g/mol. The van der Waals surface area contributed by atoms with E-state index in [9.17, 15) is 0 Å². The first-order valence-electron chi connectivity index (χ1n) is 3.75. The van der Waals surface area contributed by atoms with Crippen molar-refractivity contribution >= 4 is 11.8 Å². The summed E-state index contributed by atoms with van der Waals surface area (Å²) in [6, 6.07) is 8.00. The molecule has 1 aromatic rings. The standard InChI is InChI=1S/C10H12N/c1-3-9-5-7-10(8-6-9)11-4-2/h1,3,5-8,11H,4H2,2H3. The van der Waals surface area contributed by atoms with Crippen molar-refractivity contribution < 1.29 is 0 Å². The average molecular weight is 146 g/mol. The minimum atomic E-state index is 0.950. The number of anilines is 1. The first-order chi connectivity index (χ1) is 5.36. The number of hydrogen-bond acceptors (Lipinski definition) is 1. The number of hydrogen-bond donors (Lipinski definition) is 1. The maximum atomic E-state index is 5.33. The molecule has 0 aliphatic rings. The molecule has 11 heavy (non-hydrogen) atoms. The van der Waals surface area contributed by atoms with E-state index in [0.717, 1.165) is 17.8 Å². The third-order valence-electron chi connectivity index (χ3n) is 1.48. The van der Waals surface area contributed by atoms with Gasteiger partial charge >= 0.3 is 0 Å². The van der Waals surface area contributed by atoms with Gasteiger partial charge in [-0.15, -0.1) is 0 Å². The Morgan fingerprint density at radius 2 is 2.00 bits per heavy atom. The molecule has 0 saturated carbocycles. The lowest BCUT2D eigenvalue weighted by atomic mass is 10.2. The van der Waals surface area contributed by atoms with Gasteiger partial charge in [-0.05, 0) is 24.6 Å². The quantitative estimate of drug-likeness (QED) is 0.691. The Bertz CT molecular complexity index is 223. The molecule has 1 N–H and O–H groups in total. The molecule has 1 radical (unpaired) electrons. The maximum Gasteiger partial charge on any atom is 0.0340 e. The predicted molar refractivity (Wildman–Crippen MR) is 49.4 cm³/mol. The molecule has 0 saturated heterocycles. The molecule has 0 heterocycles. The second-order valence-corrected chi connectivity index (χ2v) is 2.32. The highest BCUT2D eigenvalue weighted by atomic mass is 14.8. The highest BCUT2D eigenvalue weighted by molar-refractivity contribution is 5.52. The molecular weight excluding hydrogens is 134 g/mol. The van der Waals surface area contributed by atoms with E-state index in [0.29, 0.717) is 0 Å². The van der Waals surface area contributed by atoms with E-state index in [1.165, 1.54) is 0 Å². The van der Waals surface area contributed by atoms with Crippen LogP contribution in [0.1, 0.15) is 12.5 Å². The fourth-order valence-electron chi connectivity index (χ4n) is 0.916. The molecule has 0 atom stereocenters. The van der Waals surface area contributed by atoms with E-state index >= 15 is 0 Å². The van der Waals surface area contributed by atoms with Crippen molar-refractivity contribution in [1.82, 2.24) is 0 Å². The molecule has 1 heteroatoms. The fraction of sp³-hybridized carbons (Fsp3) is 0.200. The van der Waals surface area contributed by atoms with Crippen molar-refractivity contribution in [2.45, 2.75) is 6.92 Å². The molecule has 0 aliphatic carbocycles. The zero-order chi connectivity index (χ0) is 8.10. The Morgan fingerprint density at radius 3 is 2.45 bits per heavy atom. The van der Waals surface area contributed by atoms with Gasteiger partial charge in [0.05, 0.1) is 0 Å². The summed E-state index contributed by atoms with van der Waals surface area (Å²) in [4.78, 5) is 0. The lowest BCUT2D eigenvalue weighted by Crippen LogP contribution is -1.95. The van der Waals surface area contributed by atoms with Gasteiger partial charge in [0, 0.05) is 12.2 Å². The van der Waals surface area contributed by atoms with E-state index in [-0.39, 0.29) is 0 Å². The van der Waals surface area contributed by atoms with Crippen molar-refractivity contribution in [3.8, 4) is 0 Å². The fourth-order valence-corrected chi connectivity index (χ4v) is 0.916. The number of rotatable bonds is 3. The van der Waals surface area contributed by atoms with E-state index < -0.39 is 0 Å². The van der Waals surface area contributed by atoms with Gasteiger partial charge in [-0.2, -0.15) is 0 Å². The van der Waals surface area contributed by atoms with Crippen molar-refractivity contribution in [3.63, 3.8) is 0 Å². The van der Waals surface area contributed by atoms with Crippen molar-refractivity contribution in [1.29, 1.82) is 0 Å². The smallest absolute Gasteiger partial charge is 0.0340 e. The summed E-state index contributed by atoms with van der Waals surface area (Å²) in [6.45, 7) is 8.35. The van der Waals surface area contributed by atoms with Crippen LogP contribution in [0.25, 0.3) is 6.08 Å². The maximum absolute atomic E-state index is 5.33. The van der Waals surface area contributed by atoms with Gasteiger partial charge in [0.15, 0.2) is 0 Å². The van der Waals surface area contributed by atoms with Gasteiger partial charge in [-0.25, -0.2) is 0 Å². The van der Waals surface area contributed by atoms with Crippen LogP contribution in [-0.2, 0) is 0 Å². The number of benzene rings is 1. The zero-order valence-corrected chi connectivity index (χ0v) is 6.67. The molecule has 0 unspecified atom stereocenters. The topological polar surface area (TPSA) is 12.0 Å². The lowest BCUT2D eigenvalue weighted by Gasteiger charge is -2.01. The second kappa shape index (κ2) is 3.81. The molecular formula is C10H12N. The zero-order valence-electron chi connectivity index (χ0n) is 6.67. The van der Waals surface area contributed by atoms with E-state index in [1.807, 2.05) is 24.3 Å². The molecule has 0 spiro atoms. The molecule has 1 nitrogen and oxygen atoms in total. The lowest BCUT2D eigenvalue weighted by molar-refractivity contribution is 1.21. The van der Waals surface area contributed by atoms with Gasteiger partial charge in [0.1, 0.15) is 0 Å². The number of nitrogens with one attached hydrogen (secondary N) is 1. The Labute approximate surface area is 67.8 Å². The Hall–Kier alpha value is -1.24. The van der Waals surface area contributed by atoms with Gasteiger partial charge in [0.2, 0.25) is 0 Å². The van der Waals surface area contributed by atoms with Crippen LogP contribution in [0, 0.1) is 6.58 Å². The van der Waals surface area contributed by atoms with Crippen LogP contribution in [0.3, 0.4) is 0 Å². The molecule has 0 aromatic heterocycles. The Kier molecular flexibility index (Phi) is 2.73. The van der Waals surface area contributed by atoms with Crippen LogP contribution < -0.4 is 5.32 Å². The molecule has 1 rings (SSSR count). The van der Waals surface area contributed by atoms with Crippen LogP contribution in [0.5, 0.6) is 0 Å². The van der Waals surface area contributed by atoms with E-state index in [4.69, 9.17) is 6.58 Å². The first kappa shape index (κ1) is 7.86. The first-order valence-corrected chi connectivity index (χ1v) is 3.75. The Morgan fingerprint density at radius 1 is 1.36 bits per heavy atom. The highest BCUT2D eigenvalue weighted by Crippen LogP contribution is 2.09. The van der Waals surface area contributed by atoms with Crippen LogP contribution in [-0.4, -0.2) is 6.54 Å². The summed E-state index contributed by atoms with van der Waals surface area (Å²) in [5, 5.41) is 3.20. The summed E-state index contributed by atoms with van der Waals surface area (Å²) in [6.07, 6.45) is 1.59. The SMILES string of the molecule is [CH]=Cc1ccc(NCC)cc1. The highest BCUT2D eigenvalue weighted by Gasteiger charge is 1.87. The third-order valence-corrected chi connectivity index (χ3v) is 1.48. The van der Waals surface area contributed by atoms with Crippen LogP contribution in [0.4, 0.5) is 5.69 Å².